The van der Waals surface area contributed by atoms with Crippen molar-refractivity contribution < 1.29 is 19.0 Å². The molecule has 0 bridgehead atoms. The summed E-state index contributed by atoms with van der Waals surface area (Å²) >= 11 is 0. The molecule has 122 valence electrons. The first-order valence-electron chi connectivity index (χ1n) is 7.74. The molecule has 4 heteroatoms. The zero-order chi connectivity index (χ0) is 16.3. The fraction of sp³-hybridized carbons (Fsp3) is 0.316. The number of hydrogen-bond donors (Lipinski definition) is 0. The van der Waals surface area contributed by atoms with Gasteiger partial charge in [-0.3, -0.25) is 4.79 Å². The van der Waals surface area contributed by atoms with Crippen LogP contribution in [0.25, 0.3) is 0 Å². The van der Waals surface area contributed by atoms with Crippen LogP contribution in [0.1, 0.15) is 24.5 Å². The molecule has 0 aliphatic carbocycles. The highest BCUT2D eigenvalue weighted by molar-refractivity contribution is 5.69. The lowest BCUT2D eigenvalue weighted by atomic mass is 10.2. The van der Waals surface area contributed by atoms with Gasteiger partial charge in [0, 0.05) is 0 Å². The Hall–Kier alpha value is -2.17. The van der Waals surface area contributed by atoms with Gasteiger partial charge in [0.05, 0.1) is 26.2 Å². The molecule has 0 amide bonds. The summed E-state index contributed by atoms with van der Waals surface area (Å²) in [6.07, 6.45) is -0.553. The van der Waals surface area contributed by atoms with Crippen molar-refractivity contribution in [2.45, 2.75) is 32.8 Å². The first kappa shape index (κ1) is 17.2. The van der Waals surface area contributed by atoms with Crippen LogP contribution in [-0.2, 0) is 32.2 Å². The molecule has 0 saturated carbocycles. The molecule has 0 saturated heterocycles. The van der Waals surface area contributed by atoms with E-state index < -0.39 is 6.29 Å². The third-order valence-corrected chi connectivity index (χ3v) is 3.20. The fourth-order valence-electron chi connectivity index (χ4n) is 2.05. The zero-order valence-electron chi connectivity index (χ0n) is 13.3. The summed E-state index contributed by atoms with van der Waals surface area (Å²) in [5.74, 6) is -0.321. The number of benzene rings is 2. The minimum Gasteiger partial charge on any atom is -0.466 e. The van der Waals surface area contributed by atoms with Gasteiger partial charge in [-0.2, -0.15) is 0 Å². The van der Waals surface area contributed by atoms with Gasteiger partial charge >= 0.3 is 5.97 Å². The first-order valence-corrected chi connectivity index (χ1v) is 7.74. The van der Waals surface area contributed by atoms with Gasteiger partial charge in [-0.25, -0.2) is 0 Å². The second-order valence-electron chi connectivity index (χ2n) is 5.03. The lowest BCUT2D eigenvalue weighted by Crippen LogP contribution is -2.22. The van der Waals surface area contributed by atoms with Gasteiger partial charge in [-0.1, -0.05) is 60.7 Å². The van der Waals surface area contributed by atoms with Crippen molar-refractivity contribution in [3.8, 4) is 0 Å². The molecular weight excluding hydrogens is 292 g/mol. The monoisotopic (exact) mass is 314 g/mol. The van der Waals surface area contributed by atoms with Crippen LogP contribution in [0.2, 0.25) is 0 Å². The van der Waals surface area contributed by atoms with E-state index in [2.05, 4.69) is 0 Å². The molecule has 0 heterocycles. The van der Waals surface area contributed by atoms with Gasteiger partial charge in [-0.15, -0.1) is 0 Å². The molecule has 2 rings (SSSR count). The lowest BCUT2D eigenvalue weighted by Gasteiger charge is -2.18. The molecule has 0 N–H and O–H groups in total. The van der Waals surface area contributed by atoms with Gasteiger partial charge in [0.25, 0.3) is 0 Å². The third-order valence-electron chi connectivity index (χ3n) is 3.20. The van der Waals surface area contributed by atoms with Crippen molar-refractivity contribution >= 4 is 5.97 Å². The SMILES string of the molecule is CCOC(=O)CC(OCc1ccccc1)OCc1ccccc1. The van der Waals surface area contributed by atoms with Crippen LogP contribution in [0.3, 0.4) is 0 Å². The molecule has 0 atom stereocenters. The normalized spacial score (nSPS) is 10.7. The highest BCUT2D eigenvalue weighted by atomic mass is 16.7. The third kappa shape index (κ3) is 6.63. The maximum atomic E-state index is 11.7. The van der Waals surface area contributed by atoms with Crippen molar-refractivity contribution in [1.82, 2.24) is 0 Å². The topological polar surface area (TPSA) is 44.8 Å². The molecule has 4 nitrogen and oxygen atoms in total. The second-order valence-corrected chi connectivity index (χ2v) is 5.03. The molecule has 0 fully saturated rings. The van der Waals surface area contributed by atoms with Crippen molar-refractivity contribution in [2.24, 2.45) is 0 Å². The molecule has 0 unspecified atom stereocenters. The van der Waals surface area contributed by atoms with Crippen LogP contribution in [0.4, 0.5) is 0 Å². The predicted octanol–water partition coefficient (Wildman–Crippen LogP) is 3.70. The molecular formula is C19H22O4. The summed E-state index contributed by atoms with van der Waals surface area (Å²) in [7, 11) is 0. The van der Waals surface area contributed by atoms with E-state index in [1.54, 1.807) is 6.92 Å². The Morgan fingerprint density at radius 3 is 1.78 bits per heavy atom. The van der Waals surface area contributed by atoms with Crippen LogP contribution in [0.5, 0.6) is 0 Å². The van der Waals surface area contributed by atoms with E-state index in [0.717, 1.165) is 11.1 Å². The van der Waals surface area contributed by atoms with E-state index in [4.69, 9.17) is 14.2 Å². The molecule has 2 aromatic carbocycles. The number of carbonyl (C=O) groups excluding carboxylic acids is 1. The minimum absolute atomic E-state index is 0.0769. The average molecular weight is 314 g/mol. The van der Waals surface area contributed by atoms with Gasteiger partial charge in [-0.05, 0) is 18.1 Å². The predicted molar refractivity (Wildman–Crippen MR) is 87.5 cm³/mol. The number of ether oxygens (including phenoxy) is 3. The summed E-state index contributed by atoms with van der Waals surface area (Å²) < 4.78 is 16.5. The van der Waals surface area contributed by atoms with E-state index >= 15 is 0 Å². The van der Waals surface area contributed by atoms with Crippen molar-refractivity contribution in [1.29, 1.82) is 0 Å². The van der Waals surface area contributed by atoms with Gasteiger partial charge in [0.1, 0.15) is 0 Å². The summed E-state index contributed by atoms with van der Waals surface area (Å²) in [6, 6.07) is 19.6. The van der Waals surface area contributed by atoms with E-state index in [-0.39, 0.29) is 12.4 Å². The Kier molecular flexibility index (Phi) is 7.30. The highest BCUT2D eigenvalue weighted by Gasteiger charge is 2.16. The summed E-state index contributed by atoms with van der Waals surface area (Å²) in [5.41, 5.74) is 2.06. The smallest absolute Gasteiger partial charge is 0.310 e. The fourth-order valence-corrected chi connectivity index (χ4v) is 2.05. The number of hydrogen-bond acceptors (Lipinski definition) is 4. The summed E-state index contributed by atoms with van der Waals surface area (Å²) in [5, 5.41) is 0. The van der Waals surface area contributed by atoms with E-state index in [9.17, 15) is 4.79 Å². The van der Waals surface area contributed by atoms with Gasteiger partial charge in [0.2, 0.25) is 0 Å². The Labute approximate surface area is 137 Å². The molecule has 0 aromatic heterocycles. The second kappa shape index (κ2) is 9.77. The van der Waals surface area contributed by atoms with Gasteiger partial charge < -0.3 is 14.2 Å². The van der Waals surface area contributed by atoms with E-state index in [1.807, 2.05) is 60.7 Å². The van der Waals surface area contributed by atoms with Crippen LogP contribution in [-0.4, -0.2) is 18.9 Å². The van der Waals surface area contributed by atoms with E-state index in [1.165, 1.54) is 0 Å². The molecule has 23 heavy (non-hydrogen) atoms. The average Bonchev–Trinajstić information content (AvgIpc) is 2.59. The van der Waals surface area contributed by atoms with Crippen LogP contribution < -0.4 is 0 Å². The molecule has 0 radical (unpaired) electrons. The first-order chi connectivity index (χ1) is 11.3. The molecule has 2 aromatic rings. The maximum Gasteiger partial charge on any atom is 0.310 e. The van der Waals surface area contributed by atoms with Gasteiger partial charge in [0.15, 0.2) is 6.29 Å². The van der Waals surface area contributed by atoms with Crippen molar-refractivity contribution in [3.63, 3.8) is 0 Å². The molecule has 0 aliphatic heterocycles. The number of esters is 1. The summed E-state index contributed by atoms with van der Waals surface area (Å²) in [6.45, 7) is 2.91. The highest BCUT2D eigenvalue weighted by Crippen LogP contribution is 2.11. The Bertz CT molecular complexity index is 525. The molecule has 0 aliphatic rings. The Balaban J connectivity index is 1.89. The standard InChI is InChI=1S/C19H22O4/c1-2-21-18(20)13-19(22-14-16-9-5-3-6-10-16)23-15-17-11-7-4-8-12-17/h3-12,19H,2,13-15H2,1H3. The van der Waals surface area contributed by atoms with Crippen LogP contribution in [0.15, 0.2) is 60.7 Å². The van der Waals surface area contributed by atoms with Crippen LogP contribution in [0, 0.1) is 0 Å². The van der Waals surface area contributed by atoms with E-state index in [0.29, 0.717) is 19.8 Å². The number of rotatable bonds is 9. The zero-order valence-corrected chi connectivity index (χ0v) is 13.3. The lowest BCUT2D eigenvalue weighted by molar-refractivity contribution is -0.178. The quantitative estimate of drug-likeness (QED) is 0.523. The minimum atomic E-state index is -0.630. The molecule has 0 spiro atoms. The largest absolute Gasteiger partial charge is 0.466 e. The Morgan fingerprint density at radius 2 is 1.35 bits per heavy atom. The number of carbonyl (C=O) groups is 1. The Morgan fingerprint density at radius 1 is 0.870 bits per heavy atom. The van der Waals surface area contributed by atoms with Crippen LogP contribution >= 0.6 is 0 Å². The van der Waals surface area contributed by atoms with Crippen molar-refractivity contribution in [2.75, 3.05) is 6.61 Å². The summed E-state index contributed by atoms with van der Waals surface area (Å²) in [4.78, 5) is 11.7. The van der Waals surface area contributed by atoms with Crippen molar-refractivity contribution in [3.05, 3.63) is 71.8 Å². The maximum absolute atomic E-state index is 11.7.